The van der Waals surface area contributed by atoms with Crippen LogP contribution in [0.4, 0.5) is 0 Å². The van der Waals surface area contributed by atoms with Crippen molar-refractivity contribution in [3.8, 4) is 5.75 Å². The number of rotatable bonds is 5. The molecule has 0 aliphatic rings. The third kappa shape index (κ3) is 3.86. The largest absolute Gasteiger partial charge is 0.507 e. The Morgan fingerprint density at radius 3 is 2.56 bits per heavy atom. The maximum absolute atomic E-state index is 12.1. The molecule has 6 heteroatoms. The van der Waals surface area contributed by atoms with Gasteiger partial charge in [-0.25, -0.2) is 0 Å². The van der Waals surface area contributed by atoms with E-state index in [9.17, 15) is 14.7 Å². The molecular formula is C12H14INO4. The molecule has 1 amide bonds. The van der Waals surface area contributed by atoms with Crippen LogP contribution >= 0.6 is 22.6 Å². The van der Waals surface area contributed by atoms with E-state index in [4.69, 9.17) is 5.11 Å². The summed E-state index contributed by atoms with van der Waals surface area (Å²) >= 11 is 1.96. The summed E-state index contributed by atoms with van der Waals surface area (Å²) in [6.07, 6.45) is -0.0874. The van der Waals surface area contributed by atoms with Crippen molar-refractivity contribution < 1.29 is 19.8 Å². The molecule has 0 radical (unpaired) electrons. The molecule has 1 aromatic rings. The number of hydrogen-bond donors (Lipinski definition) is 2. The number of nitrogens with zero attached hydrogens (tertiary/aromatic N) is 1. The monoisotopic (exact) mass is 363 g/mol. The molecule has 1 rings (SSSR count). The van der Waals surface area contributed by atoms with E-state index in [-0.39, 0.29) is 24.6 Å². The number of carbonyl (C=O) groups is 2. The van der Waals surface area contributed by atoms with Crippen molar-refractivity contribution in [2.75, 3.05) is 13.1 Å². The third-order valence-electron chi connectivity index (χ3n) is 2.46. The zero-order valence-corrected chi connectivity index (χ0v) is 12.0. The van der Waals surface area contributed by atoms with Gasteiger partial charge in [0.2, 0.25) is 0 Å². The maximum atomic E-state index is 12.1. The van der Waals surface area contributed by atoms with Crippen molar-refractivity contribution in [2.45, 2.75) is 13.3 Å². The Kier molecular flexibility index (Phi) is 5.39. The number of carboxylic acid groups (broad SMARTS) is 1. The second kappa shape index (κ2) is 6.58. The fraction of sp³-hybridized carbons (Fsp3) is 0.333. The number of halogens is 1. The highest BCUT2D eigenvalue weighted by Gasteiger charge is 2.16. The van der Waals surface area contributed by atoms with E-state index in [1.54, 1.807) is 19.1 Å². The van der Waals surface area contributed by atoms with Crippen LogP contribution in [0.25, 0.3) is 0 Å². The SMILES string of the molecule is CCN(CCC(=O)O)C(=O)c1ccc(I)c(O)c1. The van der Waals surface area contributed by atoms with Crippen LogP contribution < -0.4 is 0 Å². The van der Waals surface area contributed by atoms with Crippen LogP contribution in [0.3, 0.4) is 0 Å². The average molecular weight is 363 g/mol. The van der Waals surface area contributed by atoms with Gasteiger partial charge in [-0.05, 0) is 47.7 Å². The lowest BCUT2D eigenvalue weighted by Gasteiger charge is -2.20. The number of benzene rings is 1. The van der Waals surface area contributed by atoms with Gasteiger partial charge in [0.25, 0.3) is 5.91 Å². The Labute approximate surface area is 119 Å². The molecule has 0 spiro atoms. The van der Waals surface area contributed by atoms with Gasteiger partial charge in [-0.15, -0.1) is 0 Å². The van der Waals surface area contributed by atoms with Crippen LogP contribution in [-0.2, 0) is 4.79 Å². The lowest BCUT2D eigenvalue weighted by molar-refractivity contribution is -0.137. The molecule has 0 saturated heterocycles. The fourth-order valence-corrected chi connectivity index (χ4v) is 1.80. The van der Waals surface area contributed by atoms with Crippen LogP contribution in [0.1, 0.15) is 23.7 Å². The molecule has 0 aromatic heterocycles. The van der Waals surface area contributed by atoms with Crippen LogP contribution in [-0.4, -0.2) is 40.1 Å². The molecule has 0 unspecified atom stereocenters. The summed E-state index contributed by atoms with van der Waals surface area (Å²) in [4.78, 5) is 24.0. The van der Waals surface area contributed by atoms with E-state index in [0.29, 0.717) is 15.7 Å². The first-order chi connectivity index (χ1) is 8.45. The number of phenols is 1. The second-order valence-corrected chi connectivity index (χ2v) is 4.86. The van der Waals surface area contributed by atoms with Crippen molar-refractivity contribution >= 4 is 34.5 Å². The van der Waals surface area contributed by atoms with Crippen LogP contribution in [0.5, 0.6) is 5.75 Å². The number of phenolic OH excluding ortho intramolecular Hbond substituents is 1. The molecule has 0 aliphatic carbocycles. The van der Waals surface area contributed by atoms with Crippen molar-refractivity contribution in [3.05, 3.63) is 27.3 Å². The minimum absolute atomic E-state index is 0.0516. The first-order valence-electron chi connectivity index (χ1n) is 5.45. The minimum atomic E-state index is -0.938. The standard InChI is InChI=1S/C12H14INO4/c1-2-14(6-5-11(16)17)12(18)8-3-4-9(13)10(15)7-8/h3-4,7,15H,2,5-6H2,1H3,(H,16,17). The van der Waals surface area contributed by atoms with Crippen molar-refractivity contribution in [1.29, 1.82) is 0 Å². The predicted molar refractivity (Wildman–Crippen MR) is 74.7 cm³/mol. The summed E-state index contributed by atoms with van der Waals surface area (Å²) in [6.45, 7) is 2.38. The maximum Gasteiger partial charge on any atom is 0.305 e. The number of amides is 1. The molecule has 1 aromatic carbocycles. The zero-order chi connectivity index (χ0) is 13.7. The van der Waals surface area contributed by atoms with Gasteiger partial charge in [-0.3, -0.25) is 9.59 Å². The summed E-state index contributed by atoms with van der Waals surface area (Å²) in [5.74, 6) is -1.16. The number of carboxylic acids is 1. The first kappa shape index (κ1) is 14.7. The fourth-order valence-electron chi connectivity index (χ4n) is 1.46. The molecule has 0 heterocycles. The van der Waals surface area contributed by atoms with Crippen molar-refractivity contribution in [1.82, 2.24) is 4.90 Å². The number of hydrogen-bond acceptors (Lipinski definition) is 3. The second-order valence-electron chi connectivity index (χ2n) is 3.69. The molecule has 0 bridgehead atoms. The Morgan fingerprint density at radius 2 is 2.06 bits per heavy atom. The summed E-state index contributed by atoms with van der Waals surface area (Å²) < 4.78 is 0.665. The molecule has 0 saturated carbocycles. The van der Waals surface area contributed by atoms with Gasteiger partial charge in [-0.1, -0.05) is 0 Å². The summed E-state index contributed by atoms with van der Waals surface area (Å²) in [5.41, 5.74) is 0.361. The Bertz CT molecular complexity index is 461. The van der Waals surface area contributed by atoms with Crippen LogP contribution in [0, 0.1) is 3.57 Å². The summed E-state index contributed by atoms with van der Waals surface area (Å²) in [7, 11) is 0. The number of aliphatic carboxylic acids is 1. The van der Waals surface area contributed by atoms with E-state index >= 15 is 0 Å². The average Bonchev–Trinajstić information content (AvgIpc) is 2.32. The molecular weight excluding hydrogens is 349 g/mol. The molecule has 0 atom stereocenters. The van der Waals surface area contributed by atoms with Gasteiger partial charge >= 0.3 is 5.97 Å². The predicted octanol–water partition coefficient (Wildman–Crippen LogP) is 1.93. The quantitative estimate of drug-likeness (QED) is 0.784. The number of aromatic hydroxyl groups is 1. The minimum Gasteiger partial charge on any atom is -0.507 e. The van der Waals surface area contributed by atoms with Gasteiger partial charge < -0.3 is 15.1 Å². The Balaban J connectivity index is 2.82. The van der Waals surface area contributed by atoms with Crippen LogP contribution in [0.15, 0.2) is 18.2 Å². The van der Waals surface area contributed by atoms with Gasteiger partial charge in [0.1, 0.15) is 5.75 Å². The highest BCUT2D eigenvalue weighted by molar-refractivity contribution is 14.1. The smallest absolute Gasteiger partial charge is 0.305 e. The Hall–Kier alpha value is -1.31. The van der Waals surface area contributed by atoms with E-state index in [0.717, 1.165) is 0 Å². The number of carbonyl (C=O) groups excluding carboxylic acids is 1. The van der Waals surface area contributed by atoms with Gasteiger partial charge in [-0.2, -0.15) is 0 Å². The van der Waals surface area contributed by atoms with Crippen LogP contribution in [0.2, 0.25) is 0 Å². The molecule has 98 valence electrons. The highest BCUT2D eigenvalue weighted by atomic mass is 127. The van der Waals surface area contributed by atoms with Gasteiger partial charge in [0.15, 0.2) is 0 Å². The lowest BCUT2D eigenvalue weighted by atomic mass is 10.2. The van der Waals surface area contributed by atoms with E-state index in [1.807, 2.05) is 22.6 Å². The molecule has 5 nitrogen and oxygen atoms in total. The lowest BCUT2D eigenvalue weighted by Crippen LogP contribution is -2.32. The molecule has 0 aliphatic heterocycles. The highest BCUT2D eigenvalue weighted by Crippen LogP contribution is 2.21. The molecule has 18 heavy (non-hydrogen) atoms. The van der Waals surface area contributed by atoms with Crippen molar-refractivity contribution in [3.63, 3.8) is 0 Å². The van der Waals surface area contributed by atoms with Gasteiger partial charge in [0.05, 0.1) is 9.99 Å². The van der Waals surface area contributed by atoms with Crippen molar-refractivity contribution in [2.24, 2.45) is 0 Å². The normalized spacial score (nSPS) is 10.1. The first-order valence-corrected chi connectivity index (χ1v) is 6.53. The summed E-state index contributed by atoms with van der Waals surface area (Å²) in [6, 6.07) is 4.66. The third-order valence-corrected chi connectivity index (χ3v) is 3.37. The van der Waals surface area contributed by atoms with Gasteiger partial charge in [0, 0.05) is 18.7 Å². The topological polar surface area (TPSA) is 77.8 Å². The van der Waals surface area contributed by atoms with E-state index in [1.165, 1.54) is 11.0 Å². The Morgan fingerprint density at radius 1 is 1.39 bits per heavy atom. The molecule has 0 fully saturated rings. The molecule has 2 N–H and O–H groups in total. The van der Waals surface area contributed by atoms with E-state index in [2.05, 4.69) is 0 Å². The summed E-state index contributed by atoms with van der Waals surface area (Å²) in [5, 5.41) is 18.2. The van der Waals surface area contributed by atoms with E-state index < -0.39 is 5.97 Å². The zero-order valence-electron chi connectivity index (χ0n) is 9.89.